The predicted molar refractivity (Wildman–Crippen MR) is 86.2 cm³/mol. The first-order valence-electron chi connectivity index (χ1n) is 7.31. The minimum absolute atomic E-state index is 0.146. The fraction of sp³-hybridized carbons (Fsp3) is 0.176. The summed E-state index contributed by atoms with van der Waals surface area (Å²) in [5, 5.41) is 13.8. The van der Waals surface area contributed by atoms with E-state index >= 15 is 0 Å². The average molecular weight is 324 g/mol. The summed E-state index contributed by atoms with van der Waals surface area (Å²) in [5.74, 6) is 0.0790. The molecule has 122 valence electrons. The zero-order valence-electron chi connectivity index (χ0n) is 13.3. The van der Waals surface area contributed by atoms with Crippen LogP contribution in [0, 0.1) is 6.92 Å². The number of hydrogen-bond donors (Lipinski definition) is 1. The predicted octanol–water partition coefficient (Wildman–Crippen LogP) is 2.42. The van der Waals surface area contributed by atoms with Gasteiger partial charge in [-0.25, -0.2) is 0 Å². The molecule has 3 heterocycles. The van der Waals surface area contributed by atoms with Crippen LogP contribution in [0.25, 0.3) is 11.3 Å². The molecule has 0 atom stereocenters. The highest BCUT2D eigenvalue weighted by atomic mass is 16.5. The lowest BCUT2D eigenvalue weighted by Crippen LogP contribution is -2.26. The van der Waals surface area contributed by atoms with Gasteiger partial charge in [0.05, 0.1) is 18.3 Å². The summed E-state index contributed by atoms with van der Waals surface area (Å²) < 4.78 is 5.29. The Morgan fingerprint density at radius 3 is 2.79 bits per heavy atom. The third-order valence-corrected chi connectivity index (χ3v) is 3.52. The van der Waals surface area contributed by atoms with Gasteiger partial charge in [0.1, 0.15) is 11.4 Å². The largest absolute Gasteiger partial charge is 0.505 e. The van der Waals surface area contributed by atoms with Crippen LogP contribution in [0.5, 0.6) is 5.75 Å². The molecule has 1 amide bonds. The molecule has 3 rings (SSSR count). The van der Waals surface area contributed by atoms with Crippen LogP contribution in [0.2, 0.25) is 0 Å². The van der Waals surface area contributed by atoms with Crippen LogP contribution in [0.1, 0.15) is 21.8 Å². The van der Waals surface area contributed by atoms with Gasteiger partial charge >= 0.3 is 0 Å². The molecule has 0 aliphatic carbocycles. The average Bonchev–Trinajstić information content (AvgIpc) is 3.05. The number of nitrogens with zero attached hydrogens (tertiary/aromatic N) is 4. The van der Waals surface area contributed by atoms with Crippen LogP contribution in [-0.4, -0.2) is 38.1 Å². The molecule has 0 saturated heterocycles. The van der Waals surface area contributed by atoms with Crippen LogP contribution in [-0.2, 0) is 6.54 Å². The summed E-state index contributed by atoms with van der Waals surface area (Å²) >= 11 is 0. The lowest BCUT2D eigenvalue weighted by atomic mass is 10.1. The van der Waals surface area contributed by atoms with E-state index in [-0.39, 0.29) is 23.8 Å². The zero-order chi connectivity index (χ0) is 17.1. The molecule has 7 heteroatoms. The quantitative estimate of drug-likeness (QED) is 0.792. The number of hydrogen-bond acceptors (Lipinski definition) is 6. The molecule has 0 aliphatic rings. The molecule has 0 aromatic carbocycles. The summed E-state index contributed by atoms with van der Waals surface area (Å²) in [5.41, 5.74) is 2.43. The fourth-order valence-corrected chi connectivity index (χ4v) is 2.28. The van der Waals surface area contributed by atoms with Gasteiger partial charge in [-0.05, 0) is 25.1 Å². The van der Waals surface area contributed by atoms with E-state index < -0.39 is 0 Å². The molecule has 0 aliphatic heterocycles. The molecular weight excluding hydrogens is 308 g/mol. The van der Waals surface area contributed by atoms with E-state index in [1.807, 2.05) is 12.1 Å². The van der Waals surface area contributed by atoms with Crippen molar-refractivity contribution in [1.82, 2.24) is 20.0 Å². The lowest BCUT2D eigenvalue weighted by molar-refractivity contribution is 0.0769. The number of carbonyl (C=O) groups is 1. The van der Waals surface area contributed by atoms with E-state index in [0.29, 0.717) is 17.1 Å². The molecule has 3 aromatic rings. The van der Waals surface area contributed by atoms with Gasteiger partial charge in [-0.15, -0.1) is 0 Å². The Bertz CT molecular complexity index is 861. The van der Waals surface area contributed by atoms with E-state index in [0.717, 1.165) is 5.56 Å². The Morgan fingerprint density at radius 2 is 2.04 bits per heavy atom. The third kappa shape index (κ3) is 3.24. The number of aryl methyl sites for hydroxylation is 1. The second-order valence-electron chi connectivity index (χ2n) is 5.42. The number of pyridine rings is 2. The number of rotatable bonds is 4. The number of carbonyl (C=O) groups excluding carboxylic acids is 1. The highest BCUT2D eigenvalue weighted by Gasteiger charge is 2.18. The maximum Gasteiger partial charge on any atom is 0.257 e. The number of aromatic nitrogens is 3. The lowest BCUT2D eigenvalue weighted by Gasteiger charge is -2.16. The minimum atomic E-state index is -0.320. The van der Waals surface area contributed by atoms with Crippen molar-refractivity contribution in [2.24, 2.45) is 0 Å². The Kier molecular flexibility index (Phi) is 4.24. The third-order valence-electron chi connectivity index (χ3n) is 3.52. The second-order valence-corrected chi connectivity index (χ2v) is 5.42. The van der Waals surface area contributed by atoms with Gasteiger partial charge in [0.2, 0.25) is 0 Å². The van der Waals surface area contributed by atoms with Crippen LogP contribution < -0.4 is 0 Å². The van der Waals surface area contributed by atoms with Crippen LogP contribution in [0.15, 0.2) is 47.4 Å². The SMILES string of the molecule is Cc1cc(C(=O)N(C)Cc2cc(-c3ccncc3)no2)c(O)cn1. The number of aromatic hydroxyl groups is 1. The molecule has 3 aromatic heterocycles. The molecule has 0 radical (unpaired) electrons. The summed E-state index contributed by atoms with van der Waals surface area (Å²) in [6, 6.07) is 6.98. The fourth-order valence-electron chi connectivity index (χ4n) is 2.28. The summed E-state index contributed by atoms with van der Waals surface area (Å²) in [4.78, 5) is 21.8. The topological polar surface area (TPSA) is 92.4 Å². The van der Waals surface area contributed by atoms with E-state index in [9.17, 15) is 9.90 Å². The summed E-state index contributed by atoms with van der Waals surface area (Å²) in [7, 11) is 1.63. The van der Waals surface area contributed by atoms with Crippen molar-refractivity contribution in [3.05, 3.63) is 59.9 Å². The van der Waals surface area contributed by atoms with Crippen molar-refractivity contribution in [2.45, 2.75) is 13.5 Å². The van der Waals surface area contributed by atoms with Crippen molar-refractivity contribution in [3.8, 4) is 17.0 Å². The normalized spacial score (nSPS) is 10.6. The van der Waals surface area contributed by atoms with Crippen molar-refractivity contribution >= 4 is 5.91 Å². The first kappa shape index (κ1) is 15.7. The molecule has 24 heavy (non-hydrogen) atoms. The smallest absolute Gasteiger partial charge is 0.257 e. The Labute approximate surface area is 138 Å². The van der Waals surface area contributed by atoms with Crippen LogP contribution in [0.4, 0.5) is 0 Å². The summed E-state index contributed by atoms with van der Waals surface area (Å²) in [6.07, 6.45) is 4.62. The second kappa shape index (κ2) is 6.49. The highest BCUT2D eigenvalue weighted by molar-refractivity contribution is 5.96. The molecular formula is C17H16N4O3. The van der Waals surface area contributed by atoms with Crippen LogP contribution >= 0.6 is 0 Å². The van der Waals surface area contributed by atoms with Crippen molar-refractivity contribution < 1.29 is 14.4 Å². The van der Waals surface area contributed by atoms with Crippen molar-refractivity contribution in [3.63, 3.8) is 0 Å². The van der Waals surface area contributed by atoms with Crippen molar-refractivity contribution in [2.75, 3.05) is 7.05 Å². The van der Waals surface area contributed by atoms with Crippen molar-refractivity contribution in [1.29, 1.82) is 0 Å². The van der Waals surface area contributed by atoms with Gasteiger partial charge in [-0.1, -0.05) is 5.16 Å². The van der Waals surface area contributed by atoms with Gasteiger partial charge in [0.25, 0.3) is 5.91 Å². The molecule has 0 unspecified atom stereocenters. The van der Waals surface area contributed by atoms with Gasteiger partial charge in [-0.2, -0.15) is 0 Å². The van der Waals surface area contributed by atoms with E-state index in [1.54, 1.807) is 38.5 Å². The minimum Gasteiger partial charge on any atom is -0.505 e. The molecule has 1 N–H and O–H groups in total. The zero-order valence-corrected chi connectivity index (χ0v) is 13.3. The monoisotopic (exact) mass is 324 g/mol. The molecule has 0 saturated carbocycles. The first-order valence-corrected chi connectivity index (χ1v) is 7.31. The molecule has 0 fully saturated rings. The van der Waals surface area contributed by atoms with Gasteiger partial charge < -0.3 is 14.5 Å². The first-order chi connectivity index (χ1) is 11.5. The van der Waals surface area contributed by atoms with Gasteiger partial charge in [0.15, 0.2) is 5.76 Å². The Hall–Kier alpha value is -3.22. The standard InChI is InChI=1S/C17H16N4O3/c1-11-7-14(16(22)9-19-11)17(23)21(2)10-13-8-15(20-24-13)12-3-5-18-6-4-12/h3-9,22H,10H2,1-2H3. The maximum atomic E-state index is 12.5. The Balaban J connectivity index is 1.75. The van der Waals surface area contributed by atoms with E-state index in [4.69, 9.17) is 4.52 Å². The van der Waals surface area contributed by atoms with E-state index in [1.165, 1.54) is 11.1 Å². The Morgan fingerprint density at radius 1 is 1.29 bits per heavy atom. The van der Waals surface area contributed by atoms with Gasteiger partial charge in [0, 0.05) is 36.8 Å². The highest BCUT2D eigenvalue weighted by Crippen LogP contribution is 2.21. The van der Waals surface area contributed by atoms with E-state index in [2.05, 4.69) is 15.1 Å². The molecule has 0 spiro atoms. The molecule has 0 bridgehead atoms. The van der Waals surface area contributed by atoms with Crippen LogP contribution in [0.3, 0.4) is 0 Å². The maximum absolute atomic E-state index is 12.5. The number of amides is 1. The molecule has 7 nitrogen and oxygen atoms in total. The van der Waals surface area contributed by atoms with Gasteiger partial charge in [-0.3, -0.25) is 14.8 Å². The summed E-state index contributed by atoms with van der Waals surface area (Å²) in [6.45, 7) is 1.99.